The van der Waals surface area contributed by atoms with E-state index < -0.39 is 17.6 Å². The molecule has 0 radical (unpaired) electrons. The van der Waals surface area contributed by atoms with Crippen molar-refractivity contribution in [2.45, 2.75) is 19.5 Å². The number of carbonyl (C=O) groups excluding carboxylic acids is 2. The smallest absolute Gasteiger partial charge is 0.416 e. The summed E-state index contributed by atoms with van der Waals surface area (Å²) < 4.78 is 44.9. The monoisotopic (exact) mass is 387 g/mol. The van der Waals surface area contributed by atoms with Crippen molar-refractivity contribution >= 4 is 11.7 Å². The van der Waals surface area contributed by atoms with Crippen LogP contribution in [0.25, 0.3) is 0 Å². The summed E-state index contributed by atoms with van der Waals surface area (Å²) in [6.45, 7) is 1.86. The number of benzene rings is 2. The van der Waals surface area contributed by atoms with E-state index in [1.165, 1.54) is 6.08 Å². The number of halogens is 3. The number of ketones is 1. The predicted octanol–water partition coefficient (Wildman–Crippen LogP) is 4.95. The number of aryl methyl sites for hydroxylation is 1. The molecule has 2 aromatic carbocycles. The molecule has 2 aromatic rings. The first-order chi connectivity index (χ1) is 13.2. The topological polar surface area (TPSA) is 55.4 Å². The molecule has 0 unspecified atom stereocenters. The molecule has 0 atom stereocenters. The van der Waals surface area contributed by atoms with Gasteiger partial charge in [0.25, 0.3) is 5.91 Å². The molecule has 0 heterocycles. The van der Waals surface area contributed by atoms with Gasteiger partial charge in [0.05, 0.1) is 11.1 Å². The van der Waals surface area contributed by atoms with E-state index in [9.17, 15) is 22.8 Å². The lowest BCUT2D eigenvalue weighted by Crippen LogP contribution is -2.24. The molecule has 1 aliphatic rings. The molecule has 0 spiro atoms. The third kappa shape index (κ3) is 4.68. The largest absolute Gasteiger partial charge is 0.457 e. The van der Waals surface area contributed by atoms with Crippen LogP contribution in [0.3, 0.4) is 0 Å². The van der Waals surface area contributed by atoms with E-state index in [-0.39, 0.29) is 29.2 Å². The fourth-order valence-electron chi connectivity index (χ4n) is 2.56. The van der Waals surface area contributed by atoms with Gasteiger partial charge in [0, 0.05) is 18.2 Å². The summed E-state index contributed by atoms with van der Waals surface area (Å²) in [7, 11) is 0. The Morgan fingerprint density at radius 1 is 1.11 bits per heavy atom. The summed E-state index contributed by atoms with van der Waals surface area (Å²) in [6.07, 6.45) is 0.0731. The molecule has 0 aromatic heterocycles. The van der Waals surface area contributed by atoms with Crippen molar-refractivity contribution in [1.29, 1.82) is 0 Å². The van der Waals surface area contributed by atoms with Crippen molar-refractivity contribution in [3.05, 3.63) is 83.1 Å². The van der Waals surface area contributed by atoms with Gasteiger partial charge in [-0.1, -0.05) is 23.8 Å². The molecule has 4 nitrogen and oxygen atoms in total. The maximum atomic E-state index is 13.1. The molecule has 144 valence electrons. The van der Waals surface area contributed by atoms with E-state index in [4.69, 9.17) is 4.74 Å². The van der Waals surface area contributed by atoms with E-state index in [1.54, 1.807) is 36.4 Å². The Labute approximate surface area is 159 Å². The highest BCUT2D eigenvalue weighted by Gasteiger charge is 2.32. The number of carbonyl (C=O) groups is 2. The van der Waals surface area contributed by atoms with Crippen LogP contribution in [-0.2, 0) is 11.0 Å². The van der Waals surface area contributed by atoms with E-state index in [1.807, 2.05) is 6.92 Å². The Kier molecular flexibility index (Phi) is 5.35. The molecule has 1 aliphatic carbocycles. The number of rotatable bonds is 4. The van der Waals surface area contributed by atoms with Gasteiger partial charge >= 0.3 is 6.18 Å². The van der Waals surface area contributed by atoms with Gasteiger partial charge in [0.2, 0.25) is 0 Å². The number of amides is 1. The third-order valence-electron chi connectivity index (χ3n) is 3.99. The average Bonchev–Trinajstić information content (AvgIpc) is 2.63. The number of alkyl halides is 3. The summed E-state index contributed by atoms with van der Waals surface area (Å²) in [5.41, 5.74) is 0.205. The van der Waals surface area contributed by atoms with Gasteiger partial charge in [-0.15, -0.1) is 0 Å². The minimum Gasteiger partial charge on any atom is -0.457 e. The van der Waals surface area contributed by atoms with Crippen molar-refractivity contribution in [2.75, 3.05) is 0 Å². The Balaban J connectivity index is 1.94. The van der Waals surface area contributed by atoms with Crippen LogP contribution in [0, 0.1) is 6.92 Å². The first-order valence-electron chi connectivity index (χ1n) is 8.40. The number of hydrogen-bond donors (Lipinski definition) is 1. The number of hydrogen-bond acceptors (Lipinski definition) is 3. The van der Waals surface area contributed by atoms with Crippen LogP contribution >= 0.6 is 0 Å². The van der Waals surface area contributed by atoms with Crippen LogP contribution < -0.4 is 10.1 Å². The van der Waals surface area contributed by atoms with E-state index in [0.717, 1.165) is 23.8 Å². The molecule has 0 fully saturated rings. The minimum atomic E-state index is -4.58. The number of allylic oxidation sites excluding steroid dienone is 3. The number of ether oxygens (including phenoxy) is 1. The molecule has 0 aliphatic heterocycles. The zero-order valence-corrected chi connectivity index (χ0v) is 14.8. The normalized spacial score (nSPS) is 13.9. The first-order valence-corrected chi connectivity index (χ1v) is 8.40. The Morgan fingerprint density at radius 2 is 1.82 bits per heavy atom. The summed E-state index contributed by atoms with van der Waals surface area (Å²) in [4.78, 5) is 24.0. The zero-order chi connectivity index (χ0) is 20.3. The van der Waals surface area contributed by atoms with Crippen LogP contribution in [-0.4, -0.2) is 11.7 Å². The quantitative estimate of drug-likeness (QED) is 0.808. The van der Waals surface area contributed by atoms with E-state index in [2.05, 4.69) is 5.32 Å². The van der Waals surface area contributed by atoms with Crippen LogP contribution in [0.4, 0.5) is 13.2 Å². The fourth-order valence-corrected chi connectivity index (χ4v) is 2.56. The molecular formula is C21H16F3NO3. The molecule has 3 rings (SSSR count). The molecular weight excluding hydrogens is 371 g/mol. The van der Waals surface area contributed by atoms with Crippen molar-refractivity contribution in [1.82, 2.24) is 5.32 Å². The lowest BCUT2D eigenvalue weighted by atomic mass is 10.1. The standard InChI is InChI=1S/C21H16F3NO3/c1-13-5-8-17(9-6-13)28-19-11-14(21(22,23)24)7-10-18(19)20(27)25-15-3-2-4-16(26)12-15/h2-3,5-12H,4H2,1H3,(H,25,27). The van der Waals surface area contributed by atoms with Crippen molar-refractivity contribution < 1.29 is 27.5 Å². The molecule has 7 heteroatoms. The molecule has 1 amide bonds. The van der Waals surface area contributed by atoms with Gasteiger partial charge in [-0.25, -0.2) is 0 Å². The highest BCUT2D eigenvalue weighted by Crippen LogP contribution is 2.35. The summed E-state index contributed by atoms with van der Waals surface area (Å²) in [5, 5.41) is 2.51. The molecule has 0 bridgehead atoms. The Hall–Kier alpha value is -3.35. The van der Waals surface area contributed by atoms with E-state index >= 15 is 0 Å². The predicted molar refractivity (Wildman–Crippen MR) is 97.0 cm³/mol. The van der Waals surface area contributed by atoms with Gasteiger partial charge in [0.1, 0.15) is 11.5 Å². The lowest BCUT2D eigenvalue weighted by Gasteiger charge is -2.15. The second kappa shape index (κ2) is 7.72. The number of nitrogens with one attached hydrogen (secondary N) is 1. The van der Waals surface area contributed by atoms with Crippen LogP contribution in [0.15, 0.2) is 66.4 Å². The van der Waals surface area contributed by atoms with Crippen molar-refractivity contribution in [3.63, 3.8) is 0 Å². The van der Waals surface area contributed by atoms with Gasteiger partial charge in [0.15, 0.2) is 5.78 Å². The SMILES string of the molecule is Cc1ccc(Oc2cc(C(F)(F)F)ccc2C(=O)NC2=CC(=O)CC=C2)cc1. The third-order valence-corrected chi connectivity index (χ3v) is 3.99. The second-order valence-electron chi connectivity index (χ2n) is 6.25. The second-order valence-corrected chi connectivity index (χ2v) is 6.25. The van der Waals surface area contributed by atoms with Crippen LogP contribution in [0.1, 0.15) is 27.9 Å². The molecule has 0 saturated carbocycles. The lowest BCUT2D eigenvalue weighted by molar-refractivity contribution is -0.137. The molecule has 0 saturated heterocycles. The summed E-state index contributed by atoms with van der Waals surface area (Å²) in [6, 6.07) is 9.33. The molecule has 28 heavy (non-hydrogen) atoms. The highest BCUT2D eigenvalue weighted by molar-refractivity contribution is 6.00. The maximum Gasteiger partial charge on any atom is 0.416 e. The van der Waals surface area contributed by atoms with Crippen molar-refractivity contribution in [2.24, 2.45) is 0 Å². The summed E-state index contributed by atoms with van der Waals surface area (Å²) in [5.74, 6) is -0.795. The fraction of sp³-hybridized carbons (Fsp3) is 0.143. The average molecular weight is 387 g/mol. The zero-order valence-electron chi connectivity index (χ0n) is 14.8. The highest BCUT2D eigenvalue weighted by atomic mass is 19.4. The Morgan fingerprint density at radius 3 is 2.46 bits per heavy atom. The van der Waals surface area contributed by atoms with Gasteiger partial charge in [-0.2, -0.15) is 13.2 Å². The first kappa shape index (κ1) is 19.4. The van der Waals surface area contributed by atoms with Crippen molar-refractivity contribution in [3.8, 4) is 11.5 Å². The van der Waals surface area contributed by atoms with Gasteiger partial charge in [-0.05, 0) is 43.3 Å². The van der Waals surface area contributed by atoms with E-state index in [0.29, 0.717) is 5.75 Å². The van der Waals surface area contributed by atoms with Gasteiger partial charge < -0.3 is 10.1 Å². The Bertz CT molecular complexity index is 973. The van der Waals surface area contributed by atoms with Crippen LogP contribution in [0.2, 0.25) is 0 Å². The minimum absolute atomic E-state index is 0.0825. The summed E-state index contributed by atoms with van der Waals surface area (Å²) >= 11 is 0. The molecule has 1 N–H and O–H groups in total. The van der Waals surface area contributed by atoms with Gasteiger partial charge in [-0.3, -0.25) is 9.59 Å². The maximum absolute atomic E-state index is 13.1. The van der Waals surface area contributed by atoms with Crippen LogP contribution in [0.5, 0.6) is 11.5 Å².